The lowest BCUT2D eigenvalue weighted by Gasteiger charge is -2.16. The van der Waals surface area contributed by atoms with Crippen LogP contribution in [0.2, 0.25) is 10.0 Å². The topological polar surface area (TPSA) is 49.3 Å². The first-order chi connectivity index (χ1) is 13.1. The Balaban J connectivity index is 2.36. The lowest BCUT2D eigenvalue weighted by molar-refractivity contribution is -0.00396. The maximum Gasteiger partial charge on any atom is 0.222 e. The number of hydrogen-bond donors (Lipinski definition) is 0. The van der Waals surface area contributed by atoms with E-state index >= 15 is 0 Å². The van der Waals surface area contributed by atoms with E-state index in [0.29, 0.717) is 40.7 Å². The molecule has 0 fully saturated rings. The predicted molar refractivity (Wildman–Crippen MR) is 116 cm³/mol. The summed E-state index contributed by atoms with van der Waals surface area (Å²) in [5.41, 5.74) is -0.342. The van der Waals surface area contributed by atoms with Gasteiger partial charge in [0.05, 0.1) is 23.3 Å². The van der Waals surface area contributed by atoms with Crippen molar-refractivity contribution in [3.8, 4) is 11.5 Å². The fourth-order valence-corrected chi connectivity index (χ4v) is 2.49. The van der Waals surface area contributed by atoms with Gasteiger partial charge in [0, 0.05) is 19.1 Å². The molecule has 0 unspecified atom stereocenters. The summed E-state index contributed by atoms with van der Waals surface area (Å²) in [6.45, 7) is 8.67. The fraction of sp³-hybridized carbons (Fsp3) is 0.526. The summed E-state index contributed by atoms with van der Waals surface area (Å²) in [4.78, 5) is 5.28. The van der Waals surface area contributed by atoms with Gasteiger partial charge in [-0.25, -0.2) is 0 Å². The molecule has 0 N–H and O–H groups in total. The summed E-state index contributed by atoms with van der Waals surface area (Å²) in [6.07, 6.45) is 3.06. The molecule has 0 bridgehead atoms. The highest BCUT2D eigenvalue weighted by Gasteiger charge is 2.11. The van der Waals surface area contributed by atoms with Crippen LogP contribution in [-0.4, -0.2) is 31.3 Å². The minimum Gasteiger partial charge on any atom is -0.490 e. The monoisotopic (exact) mass is 471 g/mol. The van der Waals surface area contributed by atoms with Crippen molar-refractivity contribution >= 4 is 52.3 Å². The van der Waals surface area contributed by atoms with Crippen LogP contribution in [-0.2, 0) is 9.57 Å². The van der Waals surface area contributed by atoms with E-state index in [4.69, 9.17) is 65.5 Å². The van der Waals surface area contributed by atoms with Gasteiger partial charge in [0.1, 0.15) is 22.4 Å². The third-order valence-electron chi connectivity index (χ3n) is 3.00. The van der Waals surface area contributed by atoms with Crippen molar-refractivity contribution in [3.63, 3.8) is 0 Å². The Morgan fingerprint density at radius 3 is 2.21 bits per heavy atom. The first-order valence-electron chi connectivity index (χ1n) is 8.70. The molecule has 5 nitrogen and oxygen atoms in total. The molecular weight excluding hydrogens is 448 g/mol. The Morgan fingerprint density at radius 1 is 1.04 bits per heavy atom. The number of oxime groups is 1. The van der Waals surface area contributed by atoms with E-state index < -0.39 is 0 Å². The van der Waals surface area contributed by atoms with Gasteiger partial charge in [-0.2, -0.15) is 0 Å². The van der Waals surface area contributed by atoms with Crippen molar-refractivity contribution < 1.29 is 19.0 Å². The van der Waals surface area contributed by atoms with E-state index in [1.807, 2.05) is 20.8 Å². The number of unbranched alkanes of at least 4 members (excludes halogenated alkanes) is 1. The van der Waals surface area contributed by atoms with Crippen LogP contribution in [0.25, 0.3) is 0 Å². The molecule has 0 saturated heterocycles. The number of benzene rings is 1. The molecule has 0 amide bonds. The molecule has 9 heteroatoms. The van der Waals surface area contributed by atoms with Crippen LogP contribution in [0, 0.1) is 0 Å². The first kappa shape index (κ1) is 25.0. The second-order valence-corrected chi connectivity index (χ2v) is 8.56. The number of rotatable bonds is 10. The molecule has 1 rings (SSSR count). The summed E-state index contributed by atoms with van der Waals surface area (Å²) >= 11 is 23.5. The highest BCUT2D eigenvalue weighted by atomic mass is 35.5. The molecular formula is C19H25Cl4NO4. The average Bonchev–Trinajstić information content (AvgIpc) is 2.57. The van der Waals surface area contributed by atoms with Crippen LogP contribution >= 0.6 is 46.4 Å². The Hall–Kier alpha value is -1.01. The predicted octanol–water partition coefficient (Wildman–Crippen LogP) is 7.02. The maximum absolute atomic E-state index is 6.22. The van der Waals surface area contributed by atoms with Gasteiger partial charge in [-0.3, -0.25) is 0 Å². The zero-order valence-corrected chi connectivity index (χ0v) is 19.4. The van der Waals surface area contributed by atoms with E-state index in [2.05, 4.69) is 5.16 Å². The molecule has 1 aromatic rings. The molecule has 0 atom stereocenters. The van der Waals surface area contributed by atoms with Crippen molar-refractivity contribution in [2.45, 2.75) is 46.1 Å². The van der Waals surface area contributed by atoms with E-state index in [1.54, 1.807) is 19.1 Å². The SMILES string of the molecule is CC(=NOC(C)(C)C)OCCCCOc1c(Cl)cc(OCC=C(Cl)Cl)cc1Cl. The summed E-state index contributed by atoms with van der Waals surface area (Å²) in [5.74, 6) is 1.40. The molecule has 0 aliphatic carbocycles. The van der Waals surface area contributed by atoms with E-state index in [9.17, 15) is 0 Å². The van der Waals surface area contributed by atoms with Crippen molar-refractivity contribution in [1.82, 2.24) is 0 Å². The standard InChI is InChI=1S/C19H25Cl4NO4/c1-13(24-28-19(2,3)4)25-8-5-6-9-27-18-15(20)11-14(12-16(18)21)26-10-7-17(22)23/h7,11-12H,5-6,8-10H2,1-4H3. The van der Waals surface area contributed by atoms with Gasteiger partial charge in [-0.1, -0.05) is 51.6 Å². The highest BCUT2D eigenvalue weighted by molar-refractivity contribution is 6.55. The molecule has 0 heterocycles. The normalized spacial score (nSPS) is 11.8. The highest BCUT2D eigenvalue weighted by Crippen LogP contribution is 2.37. The van der Waals surface area contributed by atoms with Crippen LogP contribution in [0.1, 0.15) is 40.5 Å². The number of nitrogens with zero attached hydrogens (tertiary/aromatic N) is 1. The molecule has 0 aliphatic rings. The second kappa shape index (κ2) is 12.5. The van der Waals surface area contributed by atoms with Crippen molar-refractivity contribution in [2.75, 3.05) is 19.8 Å². The van der Waals surface area contributed by atoms with Gasteiger partial charge in [0.15, 0.2) is 5.75 Å². The van der Waals surface area contributed by atoms with Gasteiger partial charge in [0.2, 0.25) is 5.90 Å². The molecule has 0 saturated carbocycles. The van der Waals surface area contributed by atoms with E-state index in [1.165, 1.54) is 6.08 Å². The van der Waals surface area contributed by atoms with E-state index in [0.717, 1.165) is 12.8 Å². The van der Waals surface area contributed by atoms with Gasteiger partial charge in [-0.15, -0.1) is 0 Å². The van der Waals surface area contributed by atoms with Crippen LogP contribution in [0.5, 0.6) is 11.5 Å². The Bertz CT molecular complexity index is 660. The molecule has 0 aromatic heterocycles. The second-order valence-electron chi connectivity index (χ2n) is 6.74. The zero-order valence-electron chi connectivity index (χ0n) is 16.4. The molecule has 0 aliphatic heterocycles. The molecule has 158 valence electrons. The third-order valence-corrected chi connectivity index (χ3v) is 3.87. The smallest absolute Gasteiger partial charge is 0.222 e. The van der Waals surface area contributed by atoms with Crippen LogP contribution < -0.4 is 9.47 Å². The summed E-state index contributed by atoms with van der Waals surface area (Å²) in [5, 5.41) is 4.65. The minimum atomic E-state index is -0.342. The third kappa shape index (κ3) is 11.1. The molecule has 0 spiro atoms. The van der Waals surface area contributed by atoms with Gasteiger partial charge in [0.25, 0.3) is 0 Å². The summed E-state index contributed by atoms with van der Waals surface area (Å²) in [6, 6.07) is 3.24. The van der Waals surface area contributed by atoms with Crippen LogP contribution in [0.3, 0.4) is 0 Å². The summed E-state index contributed by atoms with van der Waals surface area (Å²) in [7, 11) is 0. The largest absolute Gasteiger partial charge is 0.490 e. The Morgan fingerprint density at radius 2 is 1.64 bits per heavy atom. The molecule has 28 heavy (non-hydrogen) atoms. The number of ether oxygens (including phenoxy) is 3. The van der Waals surface area contributed by atoms with Gasteiger partial charge < -0.3 is 19.0 Å². The fourth-order valence-electron chi connectivity index (χ4n) is 1.78. The first-order valence-corrected chi connectivity index (χ1v) is 10.2. The summed E-state index contributed by atoms with van der Waals surface area (Å²) < 4.78 is 16.7. The lowest BCUT2D eigenvalue weighted by Crippen LogP contribution is -2.17. The quantitative estimate of drug-likeness (QED) is 0.159. The molecule has 0 radical (unpaired) electrons. The lowest BCUT2D eigenvalue weighted by atomic mass is 10.2. The zero-order chi connectivity index (χ0) is 21.2. The number of halogens is 4. The Labute approximate surface area is 186 Å². The van der Waals surface area contributed by atoms with Crippen molar-refractivity contribution in [3.05, 3.63) is 32.7 Å². The Kier molecular flexibility index (Phi) is 11.2. The van der Waals surface area contributed by atoms with E-state index in [-0.39, 0.29) is 16.7 Å². The average molecular weight is 473 g/mol. The minimum absolute atomic E-state index is 0.129. The van der Waals surface area contributed by atoms with Crippen LogP contribution in [0.15, 0.2) is 27.9 Å². The van der Waals surface area contributed by atoms with Crippen LogP contribution in [0.4, 0.5) is 0 Å². The van der Waals surface area contributed by atoms with Gasteiger partial charge >= 0.3 is 0 Å². The van der Waals surface area contributed by atoms with Crippen molar-refractivity contribution in [2.24, 2.45) is 5.16 Å². The number of hydrogen-bond acceptors (Lipinski definition) is 5. The maximum atomic E-state index is 6.22. The molecule has 1 aromatic carbocycles. The van der Waals surface area contributed by atoms with Crippen molar-refractivity contribution in [1.29, 1.82) is 0 Å². The van der Waals surface area contributed by atoms with Gasteiger partial charge in [-0.05, 0) is 39.7 Å².